The van der Waals surface area contributed by atoms with Crippen molar-refractivity contribution in [2.24, 2.45) is 0 Å². The zero-order chi connectivity index (χ0) is 12.4. The molecular weight excluding hydrogens is 246 g/mol. The van der Waals surface area contributed by atoms with Gasteiger partial charge >= 0.3 is 0 Å². The predicted molar refractivity (Wildman–Crippen MR) is 78.0 cm³/mol. The molecule has 0 radical (unpaired) electrons. The molecule has 3 nitrogen and oxygen atoms in total. The summed E-state index contributed by atoms with van der Waals surface area (Å²) in [6, 6.07) is 8.25. The van der Waals surface area contributed by atoms with Crippen molar-refractivity contribution in [2.75, 3.05) is 5.32 Å². The van der Waals surface area contributed by atoms with E-state index in [0.717, 1.165) is 17.1 Å². The largest absolute Gasteiger partial charge is 0.324 e. The van der Waals surface area contributed by atoms with Crippen molar-refractivity contribution in [3.63, 3.8) is 0 Å². The van der Waals surface area contributed by atoms with Crippen LogP contribution in [0.15, 0.2) is 24.3 Å². The zero-order valence-corrected chi connectivity index (χ0v) is 11.9. The highest BCUT2D eigenvalue weighted by molar-refractivity contribution is 5.85. The lowest BCUT2D eigenvalue weighted by Gasteiger charge is -2.09. The molecule has 2 aromatic rings. The highest BCUT2D eigenvalue weighted by Crippen LogP contribution is 2.19. The zero-order valence-electron chi connectivity index (χ0n) is 11.1. The third-order valence-electron chi connectivity index (χ3n) is 2.61. The Morgan fingerprint density at radius 1 is 0.889 bits per heavy atom. The minimum absolute atomic E-state index is 0. The maximum absolute atomic E-state index is 4.37. The molecule has 1 aromatic carbocycles. The average molecular weight is 264 g/mol. The van der Waals surface area contributed by atoms with E-state index < -0.39 is 0 Å². The van der Waals surface area contributed by atoms with Crippen molar-refractivity contribution in [3.8, 4) is 0 Å². The highest BCUT2D eigenvalue weighted by Gasteiger charge is 2.02. The molecule has 0 aliphatic rings. The Morgan fingerprint density at radius 3 is 2.06 bits per heavy atom. The van der Waals surface area contributed by atoms with Gasteiger partial charge in [0, 0.05) is 17.1 Å². The van der Waals surface area contributed by atoms with Crippen LogP contribution in [-0.2, 0) is 0 Å². The molecule has 0 atom stereocenters. The molecule has 1 aromatic heterocycles. The monoisotopic (exact) mass is 263 g/mol. The summed E-state index contributed by atoms with van der Waals surface area (Å²) in [7, 11) is 0. The Hall–Kier alpha value is -1.61. The van der Waals surface area contributed by atoms with E-state index in [0.29, 0.717) is 5.95 Å². The number of hydrogen-bond acceptors (Lipinski definition) is 3. The van der Waals surface area contributed by atoms with Gasteiger partial charge in [-0.15, -0.1) is 12.4 Å². The van der Waals surface area contributed by atoms with E-state index in [1.807, 2.05) is 19.9 Å². The van der Waals surface area contributed by atoms with Crippen molar-refractivity contribution < 1.29 is 0 Å². The Bertz CT molecular complexity index is 532. The van der Waals surface area contributed by atoms with E-state index in [2.05, 4.69) is 47.3 Å². The Balaban J connectivity index is 0.00000162. The smallest absolute Gasteiger partial charge is 0.227 e. The summed E-state index contributed by atoms with van der Waals surface area (Å²) in [5.41, 5.74) is 5.47. The molecule has 0 saturated carbocycles. The van der Waals surface area contributed by atoms with Gasteiger partial charge in [0.25, 0.3) is 0 Å². The van der Waals surface area contributed by atoms with E-state index in [9.17, 15) is 0 Å². The van der Waals surface area contributed by atoms with Crippen LogP contribution in [0.25, 0.3) is 0 Å². The third-order valence-corrected chi connectivity index (χ3v) is 2.61. The van der Waals surface area contributed by atoms with Crippen LogP contribution in [0.1, 0.15) is 22.5 Å². The number of anilines is 2. The molecule has 0 aliphatic heterocycles. The summed E-state index contributed by atoms with van der Waals surface area (Å²) >= 11 is 0. The van der Waals surface area contributed by atoms with Crippen molar-refractivity contribution in [1.82, 2.24) is 9.97 Å². The molecule has 0 bridgehead atoms. The number of halogens is 1. The first kappa shape index (κ1) is 14.5. The summed E-state index contributed by atoms with van der Waals surface area (Å²) in [4.78, 5) is 8.74. The molecule has 0 aliphatic carbocycles. The summed E-state index contributed by atoms with van der Waals surface area (Å²) in [6.45, 7) is 8.12. The van der Waals surface area contributed by atoms with Crippen LogP contribution in [-0.4, -0.2) is 9.97 Å². The van der Waals surface area contributed by atoms with Crippen LogP contribution < -0.4 is 5.32 Å². The number of aromatic nitrogens is 2. The molecule has 0 unspecified atom stereocenters. The molecule has 96 valence electrons. The predicted octanol–water partition coefficient (Wildman–Crippen LogP) is 3.88. The number of nitrogens with zero attached hydrogens (tertiary/aromatic N) is 2. The first-order valence-corrected chi connectivity index (χ1v) is 5.71. The van der Waals surface area contributed by atoms with Crippen LogP contribution in [0.3, 0.4) is 0 Å². The second-order valence-corrected chi connectivity index (χ2v) is 4.42. The molecule has 0 fully saturated rings. The molecule has 0 saturated heterocycles. The summed E-state index contributed by atoms with van der Waals surface area (Å²) in [6.07, 6.45) is 0. The summed E-state index contributed by atoms with van der Waals surface area (Å²) < 4.78 is 0. The number of hydrogen-bond donors (Lipinski definition) is 1. The molecule has 0 amide bonds. The number of benzene rings is 1. The summed E-state index contributed by atoms with van der Waals surface area (Å²) in [5.74, 6) is 0.662. The maximum atomic E-state index is 4.37. The van der Waals surface area contributed by atoms with E-state index in [1.54, 1.807) is 0 Å². The molecular formula is C14H18ClN3. The van der Waals surface area contributed by atoms with Gasteiger partial charge in [-0.2, -0.15) is 0 Å². The van der Waals surface area contributed by atoms with E-state index in [-0.39, 0.29) is 12.4 Å². The fraction of sp³-hybridized carbons (Fsp3) is 0.286. The van der Waals surface area contributed by atoms with Gasteiger partial charge in [-0.05, 0) is 45.4 Å². The first-order chi connectivity index (χ1) is 8.04. The molecule has 1 heterocycles. The summed E-state index contributed by atoms with van der Waals surface area (Å²) in [5, 5.41) is 3.26. The number of aryl methyl sites for hydroxylation is 4. The normalized spacial score (nSPS) is 9.78. The number of rotatable bonds is 2. The fourth-order valence-electron chi connectivity index (χ4n) is 1.86. The molecule has 0 spiro atoms. The average Bonchev–Trinajstić information content (AvgIpc) is 2.21. The lowest BCUT2D eigenvalue weighted by Crippen LogP contribution is -2.01. The van der Waals surface area contributed by atoms with E-state index in [4.69, 9.17) is 0 Å². The maximum Gasteiger partial charge on any atom is 0.227 e. The number of nitrogens with one attached hydrogen (secondary N) is 1. The standard InChI is InChI=1S/C14H17N3.ClH/c1-9-5-6-13(10(2)7-9)17-14-15-11(3)8-12(4)16-14;/h5-8H,1-4H3,(H,15,16,17);1H. The van der Waals surface area contributed by atoms with Crippen LogP contribution >= 0.6 is 12.4 Å². The third kappa shape index (κ3) is 3.44. The highest BCUT2D eigenvalue weighted by atomic mass is 35.5. The van der Waals surface area contributed by atoms with Crippen LogP contribution in [0.5, 0.6) is 0 Å². The Kier molecular flexibility index (Phi) is 4.68. The van der Waals surface area contributed by atoms with Gasteiger partial charge < -0.3 is 5.32 Å². The van der Waals surface area contributed by atoms with Gasteiger partial charge in [0.15, 0.2) is 0 Å². The Labute approximate surface area is 114 Å². The molecule has 18 heavy (non-hydrogen) atoms. The van der Waals surface area contributed by atoms with Crippen molar-refractivity contribution in [3.05, 3.63) is 46.8 Å². The van der Waals surface area contributed by atoms with Gasteiger partial charge in [-0.1, -0.05) is 17.7 Å². The van der Waals surface area contributed by atoms with Crippen LogP contribution in [0.2, 0.25) is 0 Å². The Morgan fingerprint density at radius 2 is 1.50 bits per heavy atom. The fourth-order valence-corrected chi connectivity index (χ4v) is 1.86. The molecule has 2 rings (SSSR count). The SMILES string of the molecule is Cc1ccc(Nc2nc(C)cc(C)n2)c(C)c1.Cl. The second kappa shape index (κ2) is 5.83. The van der Waals surface area contributed by atoms with Crippen molar-refractivity contribution in [1.29, 1.82) is 0 Å². The van der Waals surface area contributed by atoms with Gasteiger partial charge in [0.05, 0.1) is 0 Å². The van der Waals surface area contributed by atoms with Gasteiger partial charge in [0.1, 0.15) is 0 Å². The van der Waals surface area contributed by atoms with E-state index >= 15 is 0 Å². The van der Waals surface area contributed by atoms with Crippen LogP contribution in [0, 0.1) is 27.7 Å². The molecule has 4 heteroatoms. The minimum Gasteiger partial charge on any atom is -0.324 e. The van der Waals surface area contributed by atoms with Crippen molar-refractivity contribution in [2.45, 2.75) is 27.7 Å². The quantitative estimate of drug-likeness (QED) is 0.894. The first-order valence-electron chi connectivity index (χ1n) is 5.71. The topological polar surface area (TPSA) is 37.8 Å². The van der Waals surface area contributed by atoms with E-state index in [1.165, 1.54) is 11.1 Å². The van der Waals surface area contributed by atoms with Crippen LogP contribution in [0.4, 0.5) is 11.6 Å². The lowest BCUT2D eigenvalue weighted by atomic mass is 10.1. The minimum atomic E-state index is 0. The van der Waals surface area contributed by atoms with Crippen molar-refractivity contribution >= 4 is 24.0 Å². The van der Waals surface area contributed by atoms with Gasteiger partial charge in [0.2, 0.25) is 5.95 Å². The second-order valence-electron chi connectivity index (χ2n) is 4.42. The van der Waals surface area contributed by atoms with Gasteiger partial charge in [-0.3, -0.25) is 0 Å². The van der Waals surface area contributed by atoms with Gasteiger partial charge in [-0.25, -0.2) is 9.97 Å². The lowest BCUT2D eigenvalue weighted by molar-refractivity contribution is 1.06. The molecule has 1 N–H and O–H groups in total.